The number of ether oxygens (including phenoxy) is 2. The lowest BCUT2D eigenvalue weighted by molar-refractivity contribution is 0.174. The van der Waals surface area contributed by atoms with Gasteiger partial charge in [-0.25, -0.2) is 4.79 Å². The van der Waals surface area contributed by atoms with Crippen molar-refractivity contribution in [1.29, 1.82) is 0 Å². The van der Waals surface area contributed by atoms with E-state index in [9.17, 15) is 9.90 Å². The summed E-state index contributed by atoms with van der Waals surface area (Å²) in [5.74, 6) is 0.828. The van der Waals surface area contributed by atoms with E-state index in [2.05, 4.69) is 4.99 Å². The summed E-state index contributed by atoms with van der Waals surface area (Å²) in [6.45, 7) is 0.192. The number of nitrogens with zero attached hydrogens (tertiary/aromatic N) is 1. The van der Waals surface area contributed by atoms with Crippen LogP contribution in [0.25, 0.3) is 10.8 Å². The second-order valence-corrected chi connectivity index (χ2v) is 4.95. The first kappa shape index (κ1) is 13.4. The Kier molecular flexibility index (Phi) is 3.01. The number of hydrogen-bond donors (Lipinski definition) is 1. The molecule has 1 aliphatic heterocycles. The minimum atomic E-state index is -0.585. The molecule has 1 N–H and O–H groups in total. The number of rotatable bonds is 2. The molecule has 0 atom stereocenters. The SMILES string of the molecule is O=c1oc(O)c(C=Nc2ccc3c(c2)OCO3)c2ccccc12. The zero-order valence-corrected chi connectivity index (χ0v) is 11.9. The molecule has 0 amide bonds. The summed E-state index contributed by atoms with van der Waals surface area (Å²) in [5, 5.41) is 10.9. The summed E-state index contributed by atoms with van der Waals surface area (Å²) >= 11 is 0. The lowest BCUT2D eigenvalue weighted by atomic mass is 10.1. The molecular formula is C17H11NO5. The number of fused-ring (bicyclic) bond motifs is 2. The van der Waals surface area contributed by atoms with Crippen molar-refractivity contribution in [3.8, 4) is 17.4 Å². The molecule has 0 saturated carbocycles. The van der Waals surface area contributed by atoms with Crippen LogP contribution in [0.15, 0.2) is 56.7 Å². The van der Waals surface area contributed by atoms with Gasteiger partial charge < -0.3 is 19.0 Å². The van der Waals surface area contributed by atoms with Gasteiger partial charge in [0.2, 0.25) is 6.79 Å². The van der Waals surface area contributed by atoms with Gasteiger partial charge in [-0.1, -0.05) is 18.2 Å². The van der Waals surface area contributed by atoms with Crippen LogP contribution in [0.1, 0.15) is 5.56 Å². The van der Waals surface area contributed by atoms with E-state index < -0.39 is 11.6 Å². The summed E-state index contributed by atoms with van der Waals surface area (Å²) in [6.07, 6.45) is 1.46. The third-order valence-electron chi connectivity index (χ3n) is 3.56. The van der Waals surface area contributed by atoms with E-state index in [-0.39, 0.29) is 6.79 Å². The van der Waals surface area contributed by atoms with Crippen LogP contribution in [0.5, 0.6) is 17.4 Å². The van der Waals surface area contributed by atoms with Gasteiger partial charge in [-0.15, -0.1) is 0 Å². The Labute approximate surface area is 130 Å². The van der Waals surface area contributed by atoms with E-state index in [1.807, 2.05) is 0 Å². The van der Waals surface area contributed by atoms with Crippen LogP contribution in [0.2, 0.25) is 0 Å². The average Bonchev–Trinajstić information content (AvgIpc) is 3.02. The summed E-state index contributed by atoms with van der Waals surface area (Å²) in [5.41, 5.74) is 0.389. The first-order chi connectivity index (χ1) is 11.2. The second-order valence-electron chi connectivity index (χ2n) is 4.95. The fraction of sp³-hybridized carbons (Fsp3) is 0.0588. The van der Waals surface area contributed by atoms with E-state index >= 15 is 0 Å². The quantitative estimate of drug-likeness (QED) is 0.736. The molecule has 0 radical (unpaired) electrons. The molecule has 0 saturated heterocycles. The third kappa shape index (κ3) is 2.30. The second kappa shape index (κ2) is 5.17. The van der Waals surface area contributed by atoms with Gasteiger partial charge in [-0.3, -0.25) is 4.99 Å². The smallest absolute Gasteiger partial charge is 0.346 e. The van der Waals surface area contributed by atoms with Crippen LogP contribution in [0.4, 0.5) is 5.69 Å². The highest BCUT2D eigenvalue weighted by molar-refractivity contribution is 6.01. The molecule has 0 aliphatic carbocycles. The molecule has 2 aromatic carbocycles. The van der Waals surface area contributed by atoms with E-state index in [0.29, 0.717) is 33.5 Å². The molecular weight excluding hydrogens is 298 g/mol. The lowest BCUT2D eigenvalue weighted by Gasteiger charge is -2.03. The van der Waals surface area contributed by atoms with E-state index in [4.69, 9.17) is 13.9 Å². The standard InChI is InChI=1S/C17H11NO5/c19-16-12-4-2-1-3-11(12)13(17(20)23-16)8-18-10-5-6-14-15(7-10)22-9-21-14/h1-8,20H,9H2. The maximum absolute atomic E-state index is 11.8. The normalized spacial score (nSPS) is 13.0. The van der Waals surface area contributed by atoms with Gasteiger partial charge in [0.1, 0.15) is 0 Å². The van der Waals surface area contributed by atoms with Gasteiger partial charge in [-0.05, 0) is 18.2 Å². The van der Waals surface area contributed by atoms with Gasteiger partial charge in [0.05, 0.1) is 16.6 Å². The molecule has 0 fully saturated rings. The molecule has 6 nitrogen and oxygen atoms in total. The predicted octanol–water partition coefficient (Wildman–Crippen LogP) is 2.98. The maximum atomic E-state index is 11.8. The number of hydrogen-bond acceptors (Lipinski definition) is 6. The van der Waals surface area contributed by atoms with Crippen LogP contribution >= 0.6 is 0 Å². The third-order valence-corrected chi connectivity index (χ3v) is 3.56. The topological polar surface area (TPSA) is 81.3 Å². The molecule has 0 spiro atoms. The molecule has 1 aliphatic rings. The molecule has 1 aromatic heterocycles. The van der Waals surface area contributed by atoms with Crippen LogP contribution in [-0.4, -0.2) is 18.1 Å². The number of aliphatic imine (C=N–C) groups is 1. The van der Waals surface area contributed by atoms with Crippen LogP contribution < -0.4 is 15.1 Å². The number of aromatic hydroxyl groups is 1. The van der Waals surface area contributed by atoms with Crippen molar-refractivity contribution in [2.24, 2.45) is 4.99 Å². The Hall–Kier alpha value is -3.28. The van der Waals surface area contributed by atoms with Crippen molar-refractivity contribution < 1.29 is 19.0 Å². The monoisotopic (exact) mass is 309 g/mol. The molecule has 2 heterocycles. The Morgan fingerprint density at radius 3 is 2.70 bits per heavy atom. The zero-order chi connectivity index (χ0) is 15.8. The largest absolute Gasteiger partial charge is 0.480 e. The van der Waals surface area contributed by atoms with E-state index in [1.165, 1.54) is 6.21 Å². The van der Waals surface area contributed by atoms with Gasteiger partial charge in [0.25, 0.3) is 5.95 Å². The van der Waals surface area contributed by atoms with Crippen molar-refractivity contribution in [1.82, 2.24) is 0 Å². The average molecular weight is 309 g/mol. The van der Waals surface area contributed by atoms with Crippen LogP contribution in [0, 0.1) is 0 Å². The highest BCUT2D eigenvalue weighted by atomic mass is 16.7. The summed E-state index contributed by atoms with van der Waals surface area (Å²) in [6, 6.07) is 12.1. The molecule has 4 rings (SSSR count). The van der Waals surface area contributed by atoms with Crippen molar-refractivity contribution in [2.75, 3.05) is 6.79 Å². The Bertz CT molecular complexity index is 990. The van der Waals surface area contributed by atoms with E-state index in [1.54, 1.807) is 42.5 Å². The lowest BCUT2D eigenvalue weighted by Crippen LogP contribution is -2.01. The molecule has 0 unspecified atom stereocenters. The highest BCUT2D eigenvalue weighted by Gasteiger charge is 2.14. The molecule has 6 heteroatoms. The molecule has 0 bridgehead atoms. The van der Waals surface area contributed by atoms with Crippen LogP contribution in [-0.2, 0) is 0 Å². The van der Waals surface area contributed by atoms with Crippen LogP contribution in [0.3, 0.4) is 0 Å². The summed E-state index contributed by atoms with van der Waals surface area (Å²) in [4.78, 5) is 16.1. The Balaban J connectivity index is 1.80. The predicted molar refractivity (Wildman–Crippen MR) is 84.0 cm³/mol. The zero-order valence-electron chi connectivity index (χ0n) is 11.9. The van der Waals surface area contributed by atoms with Crippen molar-refractivity contribution in [3.63, 3.8) is 0 Å². The highest BCUT2D eigenvalue weighted by Crippen LogP contribution is 2.35. The minimum Gasteiger partial charge on any atom is -0.480 e. The van der Waals surface area contributed by atoms with Gasteiger partial charge in [0, 0.05) is 17.7 Å². The van der Waals surface area contributed by atoms with Gasteiger partial charge in [0.15, 0.2) is 11.5 Å². The van der Waals surface area contributed by atoms with Crippen molar-refractivity contribution in [2.45, 2.75) is 0 Å². The van der Waals surface area contributed by atoms with Crippen molar-refractivity contribution in [3.05, 3.63) is 58.4 Å². The van der Waals surface area contributed by atoms with Gasteiger partial charge >= 0.3 is 5.63 Å². The fourth-order valence-electron chi connectivity index (χ4n) is 2.44. The summed E-state index contributed by atoms with van der Waals surface area (Å²) in [7, 11) is 0. The first-order valence-electron chi connectivity index (χ1n) is 6.91. The molecule has 3 aromatic rings. The number of benzene rings is 2. The van der Waals surface area contributed by atoms with Crippen molar-refractivity contribution >= 4 is 22.7 Å². The molecule has 114 valence electrons. The van der Waals surface area contributed by atoms with E-state index in [0.717, 1.165) is 0 Å². The molecule has 23 heavy (non-hydrogen) atoms. The first-order valence-corrected chi connectivity index (χ1v) is 6.91. The summed E-state index contributed by atoms with van der Waals surface area (Å²) < 4.78 is 15.4. The van der Waals surface area contributed by atoms with Gasteiger partial charge in [-0.2, -0.15) is 0 Å². The Morgan fingerprint density at radius 1 is 1.04 bits per heavy atom. The maximum Gasteiger partial charge on any atom is 0.346 e. The minimum absolute atomic E-state index is 0.192. The fourth-order valence-corrected chi connectivity index (χ4v) is 2.44. The Morgan fingerprint density at radius 2 is 1.83 bits per heavy atom.